The van der Waals surface area contributed by atoms with Gasteiger partial charge in [-0.15, -0.1) is 0 Å². The molecule has 0 aromatic heterocycles. The van der Waals surface area contributed by atoms with Crippen LogP contribution in [0.4, 0.5) is 5.69 Å². The van der Waals surface area contributed by atoms with Crippen molar-refractivity contribution >= 4 is 34.8 Å². The third-order valence-electron chi connectivity index (χ3n) is 4.04. The van der Waals surface area contributed by atoms with Gasteiger partial charge in [0.2, 0.25) is 0 Å². The zero-order chi connectivity index (χ0) is 19.4. The van der Waals surface area contributed by atoms with Gasteiger partial charge in [0, 0.05) is 10.0 Å². The number of rotatable bonds is 5. The lowest BCUT2D eigenvalue weighted by atomic mass is 10.1. The van der Waals surface area contributed by atoms with E-state index in [-0.39, 0.29) is 11.3 Å². The minimum absolute atomic E-state index is 0.0623. The lowest BCUT2D eigenvalue weighted by molar-refractivity contribution is 0.102. The lowest BCUT2D eigenvalue weighted by Crippen LogP contribution is -2.13. The summed E-state index contributed by atoms with van der Waals surface area (Å²) < 4.78 is 5.89. The number of halogens is 2. The van der Waals surface area contributed by atoms with Gasteiger partial charge >= 0.3 is 0 Å². The molecule has 2 N–H and O–H groups in total. The first-order chi connectivity index (χ1) is 12.9. The van der Waals surface area contributed by atoms with Gasteiger partial charge in [-0.25, -0.2) is 0 Å². The predicted molar refractivity (Wildman–Crippen MR) is 108 cm³/mol. The SMILES string of the molecule is Cc1ccccc1COc1ccc(Cl)cc1NC(=O)c1cc(Cl)ccc1O. The van der Waals surface area contributed by atoms with Gasteiger partial charge in [-0.2, -0.15) is 0 Å². The third kappa shape index (κ3) is 4.73. The van der Waals surface area contributed by atoms with Gasteiger partial charge in [0.15, 0.2) is 0 Å². The van der Waals surface area contributed by atoms with Crippen LogP contribution >= 0.6 is 23.2 Å². The Labute approximate surface area is 167 Å². The molecule has 1 amide bonds. The van der Waals surface area contributed by atoms with Crippen molar-refractivity contribution in [3.8, 4) is 11.5 Å². The molecule has 0 atom stereocenters. The molecule has 0 heterocycles. The monoisotopic (exact) mass is 401 g/mol. The fourth-order valence-electron chi connectivity index (χ4n) is 2.53. The summed E-state index contributed by atoms with van der Waals surface area (Å²) in [6.07, 6.45) is 0. The number of anilines is 1. The number of hydrogen-bond acceptors (Lipinski definition) is 3. The maximum atomic E-state index is 12.6. The van der Waals surface area contributed by atoms with E-state index in [2.05, 4.69) is 5.32 Å². The van der Waals surface area contributed by atoms with Crippen molar-refractivity contribution in [3.05, 3.63) is 87.4 Å². The summed E-state index contributed by atoms with van der Waals surface area (Å²) in [7, 11) is 0. The van der Waals surface area contributed by atoms with Gasteiger partial charge in [0.05, 0.1) is 11.3 Å². The highest BCUT2D eigenvalue weighted by Crippen LogP contribution is 2.31. The molecule has 0 aliphatic heterocycles. The Morgan fingerprint density at radius 2 is 1.74 bits per heavy atom. The number of nitrogens with one attached hydrogen (secondary N) is 1. The average Bonchev–Trinajstić information content (AvgIpc) is 2.64. The van der Waals surface area contributed by atoms with E-state index in [1.54, 1.807) is 18.2 Å². The second kappa shape index (κ2) is 8.33. The Hall–Kier alpha value is -2.69. The summed E-state index contributed by atoms with van der Waals surface area (Å²) in [5, 5.41) is 13.4. The van der Waals surface area contributed by atoms with E-state index in [4.69, 9.17) is 27.9 Å². The van der Waals surface area contributed by atoms with Crippen LogP contribution in [0.1, 0.15) is 21.5 Å². The maximum absolute atomic E-state index is 12.6. The number of carbonyl (C=O) groups is 1. The molecule has 0 saturated heterocycles. The molecular weight excluding hydrogens is 385 g/mol. The molecule has 0 spiro atoms. The number of phenols is 1. The smallest absolute Gasteiger partial charge is 0.259 e. The van der Waals surface area contributed by atoms with Gasteiger partial charge in [-0.3, -0.25) is 4.79 Å². The first-order valence-electron chi connectivity index (χ1n) is 8.21. The van der Waals surface area contributed by atoms with E-state index in [1.807, 2.05) is 31.2 Å². The van der Waals surface area contributed by atoms with Crippen LogP contribution in [-0.4, -0.2) is 11.0 Å². The highest BCUT2D eigenvalue weighted by molar-refractivity contribution is 6.31. The predicted octanol–water partition coefficient (Wildman–Crippen LogP) is 5.84. The van der Waals surface area contributed by atoms with Crippen LogP contribution in [0.25, 0.3) is 0 Å². The van der Waals surface area contributed by atoms with E-state index >= 15 is 0 Å². The van der Waals surface area contributed by atoms with Gasteiger partial charge in [-0.1, -0.05) is 47.5 Å². The highest BCUT2D eigenvalue weighted by Gasteiger charge is 2.15. The number of amides is 1. The van der Waals surface area contributed by atoms with Crippen molar-refractivity contribution in [2.24, 2.45) is 0 Å². The molecule has 3 aromatic rings. The van der Waals surface area contributed by atoms with Crippen molar-refractivity contribution in [1.82, 2.24) is 0 Å². The number of aryl methyl sites for hydroxylation is 1. The van der Waals surface area contributed by atoms with Crippen LogP contribution in [0.15, 0.2) is 60.7 Å². The Morgan fingerprint density at radius 1 is 1.04 bits per heavy atom. The topological polar surface area (TPSA) is 58.6 Å². The Kier molecular flexibility index (Phi) is 5.89. The maximum Gasteiger partial charge on any atom is 0.259 e. The summed E-state index contributed by atoms with van der Waals surface area (Å²) in [5.41, 5.74) is 2.62. The van der Waals surface area contributed by atoms with E-state index in [0.29, 0.717) is 28.1 Å². The van der Waals surface area contributed by atoms with Crippen LogP contribution in [-0.2, 0) is 6.61 Å². The minimum Gasteiger partial charge on any atom is -0.507 e. The first-order valence-corrected chi connectivity index (χ1v) is 8.96. The zero-order valence-corrected chi connectivity index (χ0v) is 16.0. The summed E-state index contributed by atoms with van der Waals surface area (Å²) in [6, 6.07) is 17.1. The van der Waals surface area contributed by atoms with Crippen molar-refractivity contribution < 1.29 is 14.6 Å². The van der Waals surface area contributed by atoms with E-state index < -0.39 is 5.91 Å². The molecule has 0 aliphatic rings. The number of hydrogen-bond donors (Lipinski definition) is 2. The van der Waals surface area contributed by atoms with Crippen LogP contribution in [0.3, 0.4) is 0 Å². The van der Waals surface area contributed by atoms with Crippen molar-refractivity contribution in [3.63, 3.8) is 0 Å². The van der Waals surface area contributed by atoms with E-state index in [1.165, 1.54) is 18.2 Å². The fraction of sp³-hybridized carbons (Fsp3) is 0.0952. The molecule has 6 heteroatoms. The molecule has 4 nitrogen and oxygen atoms in total. The molecule has 0 aliphatic carbocycles. The molecule has 3 rings (SSSR count). The van der Waals surface area contributed by atoms with Gasteiger partial charge in [0.25, 0.3) is 5.91 Å². The first kappa shape index (κ1) is 19.1. The van der Waals surface area contributed by atoms with Gasteiger partial charge in [0.1, 0.15) is 18.1 Å². The molecular formula is C21H17Cl2NO3. The van der Waals surface area contributed by atoms with Crippen LogP contribution in [0.5, 0.6) is 11.5 Å². The normalized spacial score (nSPS) is 10.5. The van der Waals surface area contributed by atoms with Crippen LogP contribution < -0.4 is 10.1 Å². The highest BCUT2D eigenvalue weighted by atomic mass is 35.5. The minimum atomic E-state index is -0.516. The van der Waals surface area contributed by atoms with Gasteiger partial charge < -0.3 is 15.2 Å². The standard InChI is InChI=1S/C21H17Cl2NO3/c1-13-4-2-3-5-14(13)12-27-20-9-7-16(23)11-18(20)24-21(26)17-10-15(22)6-8-19(17)25/h2-11,25H,12H2,1H3,(H,24,26). The van der Waals surface area contributed by atoms with Crippen molar-refractivity contribution in [2.45, 2.75) is 13.5 Å². The zero-order valence-electron chi connectivity index (χ0n) is 14.5. The molecule has 0 fully saturated rings. The largest absolute Gasteiger partial charge is 0.507 e. The number of ether oxygens (including phenoxy) is 1. The Balaban J connectivity index is 1.83. The van der Waals surface area contributed by atoms with Gasteiger partial charge in [-0.05, 0) is 54.4 Å². The Bertz CT molecular complexity index is 989. The molecule has 3 aromatic carbocycles. The number of aromatic hydroxyl groups is 1. The number of phenolic OH excluding ortho intramolecular Hbond substituents is 1. The van der Waals surface area contributed by atoms with E-state index in [9.17, 15) is 9.90 Å². The second-order valence-corrected chi connectivity index (χ2v) is 6.84. The number of carbonyl (C=O) groups excluding carboxylic acids is 1. The quantitative estimate of drug-likeness (QED) is 0.564. The third-order valence-corrected chi connectivity index (χ3v) is 4.51. The summed E-state index contributed by atoms with van der Waals surface area (Å²) >= 11 is 12.0. The van der Waals surface area contributed by atoms with Crippen LogP contribution in [0, 0.1) is 6.92 Å². The lowest BCUT2D eigenvalue weighted by Gasteiger charge is -2.14. The Morgan fingerprint density at radius 3 is 2.52 bits per heavy atom. The molecule has 27 heavy (non-hydrogen) atoms. The summed E-state index contributed by atoms with van der Waals surface area (Å²) in [4.78, 5) is 12.6. The van der Waals surface area contributed by atoms with E-state index in [0.717, 1.165) is 11.1 Å². The molecule has 0 radical (unpaired) electrons. The fourth-order valence-corrected chi connectivity index (χ4v) is 2.88. The summed E-state index contributed by atoms with van der Waals surface area (Å²) in [5.74, 6) is -0.211. The van der Waals surface area contributed by atoms with Crippen molar-refractivity contribution in [2.75, 3.05) is 5.32 Å². The second-order valence-electron chi connectivity index (χ2n) is 5.97. The number of benzene rings is 3. The molecule has 138 valence electrons. The van der Waals surface area contributed by atoms with Crippen molar-refractivity contribution in [1.29, 1.82) is 0 Å². The summed E-state index contributed by atoms with van der Waals surface area (Å²) in [6.45, 7) is 2.35. The average molecular weight is 402 g/mol. The molecule has 0 saturated carbocycles. The molecule has 0 bridgehead atoms. The molecule has 0 unspecified atom stereocenters. The van der Waals surface area contributed by atoms with Crippen LogP contribution in [0.2, 0.25) is 10.0 Å².